The number of benzene rings is 2. The summed E-state index contributed by atoms with van der Waals surface area (Å²) in [5, 5.41) is 4.27. The van der Waals surface area contributed by atoms with Gasteiger partial charge in [0.15, 0.2) is 5.16 Å². The molecule has 0 aliphatic heterocycles. The number of nitrogens with zero attached hydrogens (tertiary/aromatic N) is 2. The monoisotopic (exact) mass is 479 g/mol. The van der Waals surface area contributed by atoms with Crippen LogP contribution in [0.1, 0.15) is 0 Å². The minimum Gasteiger partial charge on any atom is -0.383 e. The number of nitrogens with one attached hydrogen (secondary N) is 1. The van der Waals surface area contributed by atoms with Crippen molar-refractivity contribution in [3.8, 4) is 11.3 Å². The largest absolute Gasteiger partial charge is 0.383 e. The first-order chi connectivity index (χ1) is 13.6. The molecule has 0 aliphatic rings. The van der Waals surface area contributed by atoms with Crippen LogP contribution in [0, 0.1) is 0 Å². The highest BCUT2D eigenvalue weighted by molar-refractivity contribution is 9.10. The van der Waals surface area contributed by atoms with Crippen LogP contribution >= 0.6 is 39.3 Å². The Bertz CT molecular complexity index is 930. The van der Waals surface area contributed by atoms with Crippen molar-refractivity contribution in [2.24, 2.45) is 0 Å². The van der Waals surface area contributed by atoms with E-state index < -0.39 is 0 Å². The number of carbonyl (C=O) groups is 1. The van der Waals surface area contributed by atoms with E-state index in [1.54, 1.807) is 31.4 Å². The van der Waals surface area contributed by atoms with Crippen molar-refractivity contribution < 1.29 is 9.53 Å². The van der Waals surface area contributed by atoms with Gasteiger partial charge in [-0.15, -0.1) is 0 Å². The van der Waals surface area contributed by atoms with Gasteiger partial charge in [-0.05, 0) is 42.0 Å². The van der Waals surface area contributed by atoms with Crippen molar-refractivity contribution in [2.45, 2.75) is 11.7 Å². The van der Waals surface area contributed by atoms with Crippen LogP contribution in [0.2, 0.25) is 5.02 Å². The second-order valence-corrected chi connectivity index (χ2v) is 8.22. The number of halogens is 2. The fraction of sp³-hybridized carbons (Fsp3) is 0.200. The van der Waals surface area contributed by atoms with E-state index >= 15 is 0 Å². The van der Waals surface area contributed by atoms with Crippen LogP contribution in [0.15, 0.2) is 64.4 Å². The molecule has 1 N–H and O–H groups in total. The summed E-state index contributed by atoms with van der Waals surface area (Å²) in [6.45, 7) is 1.22. The first-order valence-corrected chi connectivity index (χ1v) is 10.7. The molecule has 146 valence electrons. The Hall–Kier alpha value is -1.80. The van der Waals surface area contributed by atoms with E-state index in [4.69, 9.17) is 16.3 Å². The number of hydrogen-bond donors (Lipinski definition) is 1. The topological polar surface area (TPSA) is 56.2 Å². The summed E-state index contributed by atoms with van der Waals surface area (Å²) in [4.78, 5) is 16.8. The van der Waals surface area contributed by atoms with Gasteiger partial charge in [0.25, 0.3) is 0 Å². The van der Waals surface area contributed by atoms with Crippen LogP contribution in [0.4, 0.5) is 5.69 Å². The van der Waals surface area contributed by atoms with E-state index in [0.29, 0.717) is 23.9 Å². The molecule has 3 aromatic rings. The minimum atomic E-state index is -0.0983. The van der Waals surface area contributed by atoms with Gasteiger partial charge in [-0.3, -0.25) is 4.79 Å². The number of aromatic nitrogens is 2. The van der Waals surface area contributed by atoms with E-state index in [1.807, 2.05) is 30.5 Å². The molecule has 3 rings (SSSR count). The average molecular weight is 481 g/mol. The van der Waals surface area contributed by atoms with Crippen molar-refractivity contribution in [3.63, 3.8) is 0 Å². The smallest absolute Gasteiger partial charge is 0.234 e. The molecule has 0 saturated carbocycles. The van der Waals surface area contributed by atoms with Gasteiger partial charge in [-0.1, -0.05) is 51.4 Å². The van der Waals surface area contributed by atoms with Crippen LogP contribution in [-0.4, -0.2) is 34.9 Å². The number of carbonyl (C=O) groups excluding carboxylic acids is 1. The van der Waals surface area contributed by atoms with Gasteiger partial charge in [0.05, 0.1) is 24.3 Å². The normalized spacial score (nSPS) is 10.8. The lowest BCUT2D eigenvalue weighted by Crippen LogP contribution is -2.15. The molecule has 0 bridgehead atoms. The summed E-state index contributed by atoms with van der Waals surface area (Å²) < 4.78 is 8.34. The molecular weight excluding hydrogens is 462 g/mol. The average Bonchev–Trinajstić information content (AvgIpc) is 3.10. The number of rotatable bonds is 8. The van der Waals surface area contributed by atoms with Crippen LogP contribution in [0.25, 0.3) is 11.3 Å². The second kappa shape index (κ2) is 10.1. The maximum atomic E-state index is 12.3. The highest BCUT2D eigenvalue weighted by atomic mass is 79.9. The zero-order chi connectivity index (χ0) is 19.9. The maximum Gasteiger partial charge on any atom is 0.234 e. The third-order valence-corrected chi connectivity index (χ3v) is 5.71. The van der Waals surface area contributed by atoms with E-state index in [2.05, 4.69) is 30.8 Å². The van der Waals surface area contributed by atoms with Crippen molar-refractivity contribution in [1.82, 2.24) is 9.55 Å². The predicted molar refractivity (Wildman–Crippen MR) is 118 cm³/mol. The first-order valence-electron chi connectivity index (χ1n) is 8.55. The van der Waals surface area contributed by atoms with Gasteiger partial charge in [-0.25, -0.2) is 4.98 Å². The molecule has 1 aromatic heterocycles. The number of thioether (sulfide) groups is 1. The van der Waals surface area contributed by atoms with Crippen LogP contribution in [0.5, 0.6) is 0 Å². The number of anilines is 1. The van der Waals surface area contributed by atoms with Crippen molar-refractivity contribution in [1.29, 1.82) is 0 Å². The fourth-order valence-corrected chi connectivity index (χ4v) is 3.78. The SMILES string of the molecule is COCCn1c(-c2ccc(Br)cc2)cnc1SCC(=O)Nc1ccc(Cl)cc1. The number of methoxy groups -OCH3 is 1. The maximum absolute atomic E-state index is 12.3. The molecule has 0 spiro atoms. The van der Waals surface area contributed by atoms with Gasteiger partial charge in [0.1, 0.15) is 0 Å². The molecule has 28 heavy (non-hydrogen) atoms. The van der Waals surface area contributed by atoms with Crippen LogP contribution in [0.3, 0.4) is 0 Å². The van der Waals surface area contributed by atoms with Gasteiger partial charge in [-0.2, -0.15) is 0 Å². The molecule has 0 radical (unpaired) electrons. The zero-order valence-corrected chi connectivity index (χ0v) is 18.4. The number of ether oxygens (including phenoxy) is 1. The lowest BCUT2D eigenvalue weighted by atomic mass is 10.2. The highest BCUT2D eigenvalue weighted by Gasteiger charge is 2.14. The molecule has 5 nitrogen and oxygen atoms in total. The predicted octanol–water partition coefficient (Wildman–Crippen LogP) is 5.34. The van der Waals surface area contributed by atoms with Gasteiger partial charge >= 0.3 is 0 Å². The number of hydrogen-bond acceptors (Lipinski definition) is 4. The van der Waals surface area contributed by atoms with E-state index in [-0.39, 0.29) is 11.7 Å². The second-order valence-electron chi connectivity index (χ2n) is 5.92. The van der Waals surface area contributed by atoms with Crippen molar-refractivity contribution >= 4 is 50.9 Å². The third kappa shape index (κ3) is 5.61. The molecule has 2 aromatic carbocycles. The summed E-state index contributed by atoms with van der Waals surface area (Å²) >= 11 is 10.7. The summed E-state index contributed by atoms with van der Waals surface area (Å²) in [5.74, 6) is 0.158. The van der Waals surface area contributed by atoms with Crippen molar-refractivity contribution in [3.05, 3.63) is 64.2 Å². The molecule has 1 heterocycles. The van der Waals surface area contributed by atoms with Gasteiger partial charge < -0.3 is 14.6 Å². The molecular formula is C20H19BrClN3O2S. The zero-order valence-electron chi connectivity index (χ0n) is 15.2. The standard InChI is InChI=1S/C20H19BrClN3O2S/c1-27-11-10-25-18(14-2-4-15(21)5-3-14)12-23-20(25)28-13-19(26)24-17-8-6-16(22)7-9-17/h2-9,12H,10-11,13H2,1H3,(H,24,26). The van der Waals surface area contributed by atoms with Crippen LogP contribution in [-0.2, 0) is 16.1 Å². The summed E-state index contributed by atoms with van der Waals surface area (Å²) in [7, 11) is 1.67. The Labute approximate surface area is 181 Å². The van der Waals surface area contributed by atoms with E-state index in [9.17, 15) is 4.79 Å². The Morgan fingerprint density at radius 2 is 1.93 bits per heavy atom. The first kappa shape index (κ1) is 20.9. The molecule has 8 heteroatoms. The van der Waals surface area contributed by atoms with E-state index in [1.165, 1.54) is 11.8 Å². The Kier molecular flexibility index (Phi) is 7.56. The molecule has 0 saturated heterocycles. The minimum absolute atomic E-state index is 0.0983. The van der Waals surface area contributed by atoms with Gasteiger partial charge in [0.2, 0.25) is 5.91 Å². The quantitative estimate of drug-likeness (QED) is 0.442. The summed E-state index contributed by atoms with van der Waals surface area (Å²) in [6.07, 6.45) is 1.83. The number of amides is 1. The molecule has 0 unspecified atom stereocenters. The summed E-state index contributed by atoms with van der Waals surface area (Å²) in [6, 6.07) is 15.1. The van der Waals surface area contributed by atoms with E-state index in [0.717, 1.165) is 20.9 Å². The molecule has 0 atom stereocenters. The molecule has 0 fully saturated rings. The fourth-order valence-electron chi connectivity index (χ4n) is 2.58. The highest BCUT2D eigenvalue weighted by Crippen LogP contribution is 2.27. The number of imidazole rings is 1. The lowest BCUT2D eigenvalue weighted by Gasteiger charge is -2.12. The van der Waals surface area contributed by atoms with Crippen LogP contribution < -0.4 is 5.32 Å². The molecule has 0 aliphatic carbocycles. The lowest BCUT2D eigenvalue weighted by molar-refractivity contribution is -0.113. The van der Waals surface area contributed by atoms with Crippen molar-refractivity contribution in [2.75, 3.05) is 24.8 Å². The Morgan fingerprint density at radius 1 is 1.21 bits per heavy atom. The Balaban J connectivity index is 1.71. The molecule has 1 amide bonds. The summed E-state index contributed by atoms with van der Waals surface area (Å²) in [5.41, 5.74) is 2.77. The third-order valence-electron chi connectivity index (χ3n) is 3.94. The Morgan fingerprint density at radius 3 is 2.61 bits per heavy atom. The van der Waals surface area contributed by atoms with Gasteiger partial charge in [0, 0.05) is 28.8 Å².